The van der Waals surface area contributed by atoms with Crippen molar-refractivity contribution in [2.75, 3.05) is 19.6 Å². The van der Waals surface area contributed by atoms with Crippen molar-refractivity contribution >= 4 is 0 Å². The van der Waals surface area contributed by atoms with Crippen LogP contribution in [0.25, 0.3) is 0 Å². The summed E-state index contributed by atoms with van der Waals surface area (Å²) in [4.78, 5) is 6.95. The molecule has 0 unspecified atom stereocenters. The van der Waals surface area contributed by atoms with Crippen molar-refractivity contribution in [3.05, 3.63) is 30.1 Å². The van der Waals surface area contributed by atoms with Gasteiger partial charge in [-0.15, -0.1) is 0 Å². The van der Waals surface area contributed by atoms with Gasteiger partial charge in [-0.25, -0.2) is 0 Å². The lowest BCUT2D eigenvalue weighted by Crippen LogP contribution is -2.32. The van der Waals surface area contributed by atoms with E-state index >= 15 is 0 Å². The van der Waals surface area contributed by atoms with Gasteiger partial charge in [0, 0.05) is 19.3 Å². The van der Waals surface area contributed by atoms with E-state index in [9.17, 15) is 0 Å². The second-order valence-electron chi connectivity index (χ2n) is 5.77. The Kier molecular flexibility index (Phi) is 5.80. The summed E-state index contributed by atoms with van der Waals surface area (Å²) in [5.74, 6) is 1.63. The van der Waals surface area contributed by atoms with Gasteiger partial charge in [0.15, 0.2) is 0 Å². The molecular formula is C16H27N3. The molecule has 1 aromatic rings. The Hall–Kier alpha value is -0.930. The first kappa shape index (κ1) is 14.5. The molecule has 0 saturated heterocycles. The summed E-state index contributed by atoms with van der Waals surface area (Å²) in [5, 5.41) is 0. The highest BCUT2D eigenvalue weighted by molar-refractivity contribution is 5.03. The van der Waals surface area contributed by atoms with Gasteiger partial charge < -0.3 is 5.73 Å². The van der Waals surface area contributed by atoms with Gasteiger partial charge in [-0.1, -0.05) is 13.0 Å². The van der Waals surface area contributed by atoms with Gasteiger partial charge in [0.05, 0.1) is 5.69 Å². The molecular weight excluding hydrogens is 234 g/mol. The van der Waals surface area contributed by atoms with Crippen LogP contribution in [0.5, 0.6) is 0 Å². The highest BCUT2D eigenvalue weighted by Gasteiger charge is 2.21. The van der Waals surface area contributed by atoms with Gasteiger partial charge in [0.25, 0.3) is 0 Å². The van der Waals surface area contributed by atoms with Crippen LogP contribution < -0.4 is 5.73 Å². The van der Waals surface area contributed by atoms with Crippen molar-refractivity contribution < 1.29 is 0 Å². The Labute approximate surface area is 117 Å². The summed E-state index contributed by atoms with van der Waals surface area (Å²) in [6.45, 7) is 6.42. The van der Waals surface area contributed by atoms with Gasteiger partial charge in [-0.2, -0.15) is 0 Å². The van der Waals surface area contributed by atoms with Crippen LogP contribution >= 0.6 is 0 Å². The number of hydrogen-bond acceptors (Lipinski definition) is 3. The molecule has 0 bridgehead atoms. The highest BCUT2D eigenvalue weighted by Crippen LogP contribution is 2.28. The molecule has 0 amide bonds. The maximum absolute atomic E-state index is 5.76. The molecule has 1 fully saturated rings. The molecule has 1 saturated carbocycles. The van der Waals surface area contributed by atoms with Gasteiger partial charge in [0.1, 0.15) is 0 Å². The first-order valence-electron chi connectivity index (χ1n) is 7.64. The van der Waals surface area contributed by atoms with Crippen molar-refractivity contribution in [1.29, 1.82) is 0 Å². The number of nitrogens with zero attached hydrogens (tertiary/aromatic N) is 2. The normalized spacial score (nSPS) is 23.7. The molecule has 0 aromatic carbocycles. The number of pyridine rings is 1. The molecule has 0 spiro atoms. The molecule has 1 aliphatic rings. The van der Waals surface area contributed by atoms with E-state index in [0.29, 0.717) is 0 Å². The molecule has 2 rings (SSSR count). The third-order valence-corrected chi connectivity index (χ3v) is 4.38. The van der Waals surface area contributed by atoms with E-state index < -0.39 is 0 Å². The predicted molar refractivity (Wildman–Crippen MR) is 79.7 cm³/mol. The van der Waals surface area contributed by atoms with Crippen molar-refractivity contribution in [2.45, 2.75) is 39.2 Å². The Morgan fingerprint density at radius 2 is 1.95 bits per heavy atom. The van der Waals surface area contributed by atoms with E-state index in [2.05, 4.69) is 28.9 Å². The number of rotatable bonds is 6. The first-order valence-corrected chi connectivity index (χ1v) is 7.64. The maximum atomic E-state index is 5.76. The summed E-state index contributed by atoms with van der Waals surface area (Å²) in [7, 11) is 0. The third-order valence-electron chi connectivity index (χ3n) is 4.38. The fourth-order valence-corrected chi connectivity index (χ4v) is 3.04. The minimum atomic E-state index is 0.780. The quantitative estimate of drug-likeness (QED) is 0.856. The second kappa shape index (κ2) is 7.61. The van der Waals surface area contributed by atoms with Crippen LogP contribution in [0, 0.1) is 11.8 Å². The first-order chi connectivity index (χ1) is 9.31. The van der Waals surface area contributed by atoms with Crippen molar-refractivity contribution in [3.8, 4) is 0 Å². The molecule has 3 heteroatoms. The fourth-order valence-electron chi connectivity index (χ4n) is 3.04. The van der Waals surface area contributed by atoms with E-state index in [1.165, 1.54) is 37.9 Å². The minimum absolute atomic E-state index is 0.780. The van der Waals surface area contributed by atoms with E-state index in [0.717, 1.165) is 31.5 Å². The number of hydrogen-bond donors (Lipinski definition) is 1. The molecule has 0 radical (unpaired) electrons. The van der Waals surface area contributed by atoms with Crippen LogP contribution in [-0.4, -0.2) is 29.5 Å². The summed E-state index contributed by atoms with van der Waals surface area (Å²) in [6, 6.07) is 6.17. The molecule has 0 aliphatic heterocycles. The molecule has 3 nitrogen and oxygen atoms in total. The molecule has 1 aromatic heterocycles. The maximum Gasteiger partial charge on any atom is 0.0543 e. The summed E-state index contributed by atoms with van der Waals surface area (Å²) in [6.07, 6.45) is 7.22. The van der Waals surface area contributed by atoms with E-state index in [4.69, 9.17) is 5.73 Å². The van der Waals surface area contributed by atoms with Crippen molar-refractivity contribution in [3.63, 3.8) is 0 Å². The second-order valence-corrected chi connectivity index (χ2v) is 5.77. The summed E-state index contributed by atoms with van der Waals surface area (Å²) < 4.78 is 0. The summed E-state index contributed by atoms with van der Waals surface area (Å²) in [5.41, 5.74) is 6.94. The Bertz CT molecular complexity index is 344. The van der Waals surface area contributed by atoms with Crippen molar-refractivity contribution in [2.24, 2.45) is 17.6 Å². The lowest BCUT2D eigenvalue weighted by Gasteiger charge is -2.31. The lowest BCUT2D eigenvalue weighted by atomic mass is 9.82. The molecule has 19 heavy (non-hydrogen) atoms. The van der Waals surface area contributed by atoms with Crippen LogP contribution in [0.1, 0.15) is 38.3 Å². The Morgan fingerprint density at radius 1 is 1.21 bits per heavy atom. The topological polar surface area (TPSA) is 42.2 Å². The Balaban J connectivity index is 1.79. The third kappa shape index (κ3) is 4.59. The SMILES string of the molecule is CCN(Cc1ccccn1)CC1CCC(CN)CC1. The lowest BCUT2D eigenvalue weighted by molar-refractivity contribution is 0.181. The molecule has 2 N–H and O–H groups in total. The van der Waals surface area contributed by atoms with Crippen LogP contribution in [0.4, 0.5) is 0 Å². The predicted octanol–water partition coefficient (Wildman–Crippen LogP) is 2.67. The van der Waals surface area contributed by atoms with E-state index in [1.807, 2.05) is 12.3 Å². The standard InChI is InChI=1S/C16H27N3/c1-2-19(13-16-5-3-4-10-18-16)12-15-8-6-14(11-17)7-9-15/h3-5,10,14-15H,2,6-9,11-13,17H2,1H3. The molecule has 1 aliphatic carbocycles. The summed E-state index contributed by atoms with van der Waals surface area (Å²) >= 11 is 0. The monoisotopic (exact) mass is 261 g/mol. The van der Waals surface area contributed by atoms with Gasteiger partial charge >= 0.3 is 0 Å². The zero-order valence-electron chi connectivity index (χ0n) is 12.1. The van der Waals surface area contributed by atoms with Crippen LogP contribution in [0.15, 0.2) is 24.4 Å². The Morgan fingerprint density at radius 3 is 2.53 bits per heavy atom. The van der Waals surface area contributed by atoms with Crippen LogP contribution in [0.2, 0.25) is 0 Å². The number of aromatic nitrogens is 1. The van der Waals surface area contributed by atoms with Crippen LogP contribution in [0.3, 0.4) is 0 Å². The molecule has 1 heterocycles. The fraction of sp³-hybridized carbons (Fsp3) is 0.688. The molecule has 106 valence electrons. The van der Waals surface area contributed by atoms with Gasteiger partial charge in [-0.05, 0) is 62.7 Å². The smallest absolute Gasteiger partial charge is 0.0543 e. The van der Waals surface area contributed by atoms with Gasteiger partial charge in [0.2, 0.25) is 0 Å². The average molecular weight is 261 g/mol. The average Bonchev–Trinajstić information content (AvgIpc) is 2.48. The number of nitrogens with two attached hydrogens (primary N) is 1. The van der Waals surface area contributed by atoms with Crippen molar-refractivity contribution in [1.82, 2.24) is 9.88 Å². The largest absolute Gasteiger partial charge is 0.330 e. The minimum Gasteiger partial charge on any atom is -0.330 e. The van der Waals surface area contributed by atoms with E-state index in [1.54, 1.807) is 0 Å². The van der Waals surface area contributed by atoms with E-state index in [-0.39, 0.29) is 0 Å². The molecule has 0 atom stereocenters. The highest BCUT2D eigenvalue weighted by atomic mass is 15.1. The zero-order chi connectivity index (χ0) is 13.5. The van der Waals surface area contributed by atoms with Gasteiger partial charge in [-0.3, -0.25) is 9.88 Å². The van der Waals surface area contributed by atoms with Crippen LogP contribution in [-0.2, 0) is 6.54 Å². The zero-order valence-corrected chi connectivity index (χ0v) is 12.1.